The number of nitrogens with one attached hydrogen (secondary N) is 2. The van der Waals surface area contributed by atoms with Crippen LogP contribution in [0, 0.1) is 5.92 Å². The number of hydrogen-bond acceptors (Lipinski definition) is 4. The summed E-state index contributed by atoms with van der Waals surface area (Å²) in [6.07, 6.45) is 5.16. The van der Waals surface area contributed by atoms with Crippen molar-refractivity contribution in [3.05, 3.63) is 0 Å². The maximum atomic E-state index is 11.6. The molecule has 4 N–H and O–H groups in total. The summed E-state index contributed by atoms with van der Waals surface area (Å²) >= 11 is 0. The SMILES string of the molecule is NC(=NCCCNC(=O)C1CCC1)NCCCN1CCOCC1. The topological polar surface area (TPSA) is 92.0 Å². The first-order valence-corrected chi connectivity index (χ1v) is 8.87. The van der Waals surface area contributed by atoms with Gasteiger partial charge in [-0.15, -0.1) is 0 Å². The Morgan fingerprint density at radius 3 is 2.61 bits per heavy atom. The van der Waals surface area contributed by atoms with Gasteiger partial charge in [-0.25, -0.2) is 0 Å². The summed E-state index contributed by atoms with van der Waals surface area (Å²) in [5, 5.41) is 6.10. The lowest BCUT2D eigenvalue weighted by Gasteiger charge is -2.26. The molecule has 0 aromatic heterocycles. The predicted octanol–water partition coefficient (Wildman–Crippen LogP) is -0.0806. The highest BCUT2D eigenvalue weighted by Crippen LogP contribution is 2.25. The van der Waals surface area contributed by atoms with E-state index in [1.54, 1.807) is 0 Å². The van der Waals surface area contributed by atoms with E-state index in [1.807, 2.05) is 0 Å². The van der Waals surface area contributed by atoms with E-state index in [2.05, 4.69) is 20.5 Å². The molecule has 0 bridgehead atoms. The second-order valence-electron chi connectivity index (χ2n) is 6.27. The lowest BCUT2D eigenvalue weighted by atomic mass is 9.85. The predicted molar refractivity (Wildman–Crippen MR) is 91.3 cm³/mol. The first kappa shape index (κ1) is 18.0. The summed E-state index contributed by atoms with van der Waals surface area (Å²) < 4.78 is 5.32. The van der Waals surface area contributed by atoms with Gasteiger partial charge in [-0.2, -0.15) is 0 Å². The number of hydrogen-bond donors (Lipinski definition) is 3. The molecular weight excluding hydrogens is 294 g/mol. The molecule has 1 heterocycles. The molecule has 2 aliphatic rings. The van der Waals surface area contributed by atoms with Crippen LogP contribution in [-0.4, -0.2) is 69.2 Å². The summed E-state index contributed by atoms with van der Waals surface area (Å²) in [5.41, 5.74) is 5.83. The van der Waals surface area contributed by atoms with Gasteiger partial charge in [0, 0.05) is 38.6 Å². The minimum Gasteiger partial charge on any atom is -0.379 e. The van der Waals surface area contributed by atoms with Crippen LogP contribution in [0.1, 0.15) is 32.1 Å². The number of nitrogens with two attached hydrogens (primary N) is 1. The molecule has 132 valence electrons. The Morgan fingerprint density at radius 1 is 1.17 bits per heavy atom. The summed E-state index contributed by atoms with van der Waals surface area (Å²) in [6.45, 7) is 6.97. The molecule has 7 heteroatoms. The van der Waals surface area contributed by atoms with Crippen molar-refractivity contribution < 1.29 is 9.53 Å². The average Bonchev–Trinajstić information content (AvgIpc) is 2.50. The smallest absolute Gasteiger partial charge is 0.223 e. The third-order valence-electron chi connectivity index (χ3n) is 4.45. The zero-order valence-electron chi connectivity index (χ0n) is 14.1. The number of carbonyl (C=O) groups excluding carboxylic acids is 1. The van der Waals surface area contributed by atoms with Gasteiger partial charge in [0.25, 0.3) is 0 Å². The molecule has 0 radical (unpaired) electrons. The van der Waals surface area contributed by atoms with E-state index in [0.29, 0.717) is 19.0 Å². The highest BCUT2D eigenvalue weighted by molar-refractivity contribution is 5.79. The van der Waals surface area contributed by atoms with Crippen molar-refractivity contribution >= 4 is 11.9 Å². The van der Waals surface area contributed by atoms with Crippen LogP contribution in [0.3, 0.4) is 0 Å². The third kappa shape index (κ3) is 7.18. The number of amides is 1. The second kappa shape index (κ2) is 10.4. The first-order valence-electron chi connectivity index (χ1n) is 8.87. The van der Waals surface area contributed by atoms with Crippen LogP contribution in [0.15, 0.2) is 4.99 Å². The zero-order chi connectivity index (χ0) is 16.3. The van der Waals surface area contributed by atoms with Crippen molar-refractivity contribution in [1.82, 2.24) is 15.5 Å². The Kier molecular flexibility index (Phi) is 8.17. The number of rotatable bonds is 9. The molecule has 0 unspecified atom stereocenters. The average molecular weight is 325 g/mol. The fourth-order valence-electron chi connectivity index (χ4n) is 2.70. The zero-order valence-corrected chi connectivity index (χ0v) is 14.1. The third-order valence-corrected chi connectivity index (χ3v) is 4.45. The van der Waals surface area contributed by atoms with E-state index < -0.39 is 0 Å². The Morgan fingerprint density at radius 2 is 1.91 bits per heavy atom. The van der Waals surface area contributed by atoms with Crippen LogP contribution in [0.25, 0.3) is 0 Å². The van der Waals surface area contributed by atoms with Gasteiger partial charge in [0.1, 0.15) is 0 Å². The van der Waals surface area contributed by atoms with Gasteiger partial charge in [-0.05, 0) is 32.2 Å². The fraction of sp³-hybridized carbons (Fsp3) is 0.875. The number of aliphatic imine (C=N–C) groups is 1. The van der Waals surface area contributed by atoms with Crippen LogP contribution in [0.2, 0.25) is 0 Å². The lowest BCUT2D eigenvalue weighted by Crippen LogP contribution is -2.39. The maximum Gasteiger partial charge on any atom is 0.223 e. The Labute approximate surface area is 139 Å². The molecule has 1 saturated carbocycles. The van der Waals surface area contributed by atoms with Crippen molar-refractivity contribution in [2.75, 3.05) is 52.5 Å². The number of carbonyl (C=O) groups is 1. The number of guanidine groups is 1. The molecule has 1 aliphatic heterocycles. The highest BCUT2D eigenvalue weighted by Gasteiger charge is 2.24. The van der Waals surface area contributed by atoms with Gasteiger partial charge in [0.2, 0.25) is 5.91 Å². The van der Waals surface area contributed by atoms with Crippen molar-refractivity contribution in [1.29, 1.82) is 0 Å². The van der Waals surface area contributed by atoms with Crippen LogP contribution < -0.4 is 16.4 Å². The molecule has 0 aromatic carbocycles. The molecular formula is C16H31N5O2. The largest absolute Gasteiger partial charge is 0.379 e. The number of morpholine rings is 1. The normalized spacial score (nSPS) is 20.1. The molecule has 1 aliphatic carbocycles. The van der Waals surface area contributed by atoms with E-state index in [1.165, 1.54) is 6.42 Å². The monoisotopic (exact) mass is 325 g/mol. The maximum absolute atomic E-state index is 11.6. The van der Waals surface area contributed by atoms with Crippen molar-refractivity contribution in [2.24, 2.45) is 16.6 Å². The molecule has 7 nitrogen and oxygen atoms in total. The molecule has 23 heavy (non-hydrogen) atoms. The highest BCUT2D eigenvalue weighted by atomic mass is 16.5. The Bertz CT molecular complexity index is 379. The van der Waals surface area contributed by atoms with Crippen molar-refractivity contribution in [3.63, 3.8) is 0 Å². The Hall–Kier alpha value is -1.34. The van der Waals surface area contributed by atoms with Crippen LogP contribution in [-0.2, 0) is 9.53 Å². The van der Waals surface area contributed by atoms with E-state index in [4.69, 9.17) is 10.5 Å². The molecule has 2 rings (SSSR count). The van der Waals surface area contributed by atoms with E-state index in [0.717, 1.165) is 65.1 Å². The summed E-state index contributed by atoms with van der Waals surface area (Å²) in [6, 6.07) is 0. The van der Waals surface area contributed by atoms with E-state index >= 15 is 0 Å². The molecule has 1 amide bonds. The standard InChI is InChI=1S/C16H31N5O2/c17-16(20-8-3-9-21-10-12-23-13-11-21)19-7-2-6-18-15(22)14-4-1-5-14/h14H,1-13H2,(H,18,22)(H3,17,19,20). The molecule has 0 spiro atoms. The van der Waals surface area contributed by atoms with E-state index in [-0.39, 0.29) is 11.8 Å². The van der Waals surface area contributed by atoms with Crippen LogP contribution in [0.5, 0.6) is 0 Å². The molecule has 0 atom stereocenters. The minimum absolute atomic E-state index is 0.203. The van der Waals surface area contributed by atoms with Crippen LogP contribution in [0.4, 0.5) is 0 Å². The van der Waals surface area contributed by atoms with Crippen molar-refractivity contribution in [3.8, 4) is 0 Å². The van der Waals surface area contributed by atoms with Crippen LogP contribution >= 0.6 is 0 Å². The quantitative estimate of drug-likeness (QED) is 0.313. The number of nitrogens with zero attached hydrogens (tertiary/aromatic N) is 2. The van der Waals surface area contributed by atoms with Gasteiger partial charge in [-0.1, -0.05) is 6.42 Å². The van der Waals surface area contributed by atoms with Gasteiger partial charge >= 0.3 is 0 Å². The molecule has 1 saturated heterocycles. The fourth-order valence-corrected chi connectivity index (χ4v) is 2.70. The Balaban J connectivity index is 1.42. The first-order chi connectivity index (χ1) is 11.3. The molecule has 0 aromatic rings. The van der Waals surface area contributed by atoms with Gasteiger partial charge in [-0.3, -0.25) is 14.7 Å². The summed E-state index contributed by atoms with van der Waals surface area (Å²) in [4.78, 5) is 18.3. The lowest BCUT2D eigenvalue weighted by molar-refractivity contribution is -0.127. The summed E-state index contributed by atoms with van der Waals surface area (Å²) in [5.74, 6) is 0.962. The van der Waals surface area contributed by atoms with E-state index in [9.17, 15) is 4.79 Å². The van der Waals surface area contributed by atoms with Crippen molar-refractivity contribution in [2.45, 2.75) is 32.1 Å². The van der Waals surface area contributed by atoms with Gasteiger partial charge in [0.05, 0.1) is 13.2 Å². The number of ether oxygens (including phenoxy) is 1. The second-order valence-corrected chi connectivity index (χ2v) is 6.27. The summed E-state index contributed by atoms with van der Waals surface area (Å²) in [7, 11) is 0. The van der Waals surface area contributed by atoms with Gasteiger partial charge < -0.3 is 21.1 Å². The molecule has 2 fully saturated rings. The minimum atomic E-state index is 0.203. The van der Waals surface area contributed by atoms with Gasteiger partial charge in [0.15, 0.2) is 5.96 Å².